The highest BCUT2D eigenvalue weighted by atomic mass is 35.5. The van der Waals surface area contributed by atoms with Crippen molar-refractivity contribution in [1.29, 1.82) is 0 Å². The van der Waals surface area contributed by atoms with Crippen LogP contribution >= 0.6 is 22.9 Å². The molecule has 0 bridgehead atoms. The lowest BCUT2D eigenvalue weighted by Gasteiger charge is -2.32. The molecule has 1 fully saturated rings. The van der Waals surface area contributed by atoms with Gasteiger partial charge in [-0.1, -0.05) is 17.7 Å². The number of thiophene rings is 1. The van der Waals surface area contributed by atoms with Crippen LogP contribution in [0.5, 0.6) is 0 Å². The van der Waals surface area contributed by atoms with E-state index in [1.54, 1.807) is 23.5 Å². The van der Waals surface area contributed by atoms with Gasteiger partial charge in [0.05, 0.1) is 4.92 Å². The molecule has 0 radical (unpaired) electrons. The molecule has 0 unspecified atom stereocenters. The van der Waals surface area contributed by atoms with E-state index in [0.717, 1.165) is 6.42 Å². The van der Waals surface area contributed by atoms with Crippen LogP contribution < -0.4 is 10.2 Å². The third-order valence-corrected chi connectivity index (χ3v) is 5.76. The molecule has 0 aliphatic carbocycles. The Hall–Kier alpha value is -2.12. The zero-order valence-electron chi connectivity index (χ0n) is 14.2. The van der Waals surface area contributed by atoms with E-state index < -0.39 is 4.92 Å². The second-order valence-electron chi connectivity index (χ2n) is 6.27. The van der Waals surface area contributed by atoms with Gasteiger partial charge in [-0.3, -0.25) is 14.9 Å². The van der Waals surface area contributed by atoms with Gasteiger partial charge >= 0.3 is 0 Å². The molecule has 1 aromatic carbocycles. The molecule has 26 heavy (non-hydrogen) atoms. The first kappa shape index (κ1) is 18.7. The van der Waals surface area contributed by atoms with Crippen molar-refractivity contribution in [3.63, 3.8) is 0 Å². The number of nitro benzene ring substituents is 1. The van der Waals surface area contributed by atoms with Crippen LogP contribution in [0.3, 0.4) is 0 Å². The van der Waals surface area contributed by atoms with Crippen molar-refractivity contribution < 1.29 is 9.72 Å². The highest BCUT2D eigenvalue weighted by molar-refractivity contribution is 7.09. The molecule has 3 rings (SSSR count). The quantitative estimate of drug-likeness (QED) is 0.596. The Bertz CT molecular complexity index is 774. The number of hydrogen-bond acceptors (Lipinski definition) is 5. The van der Waals surface area contributed by atoms with E-state index in [1.165, 1.54) is 10.9 Å². The number of nitro groups is 1. The molecule has 6 nitrogen and oxygen atoms in total. The number of nitrogens with one attached hydrogen (secondary N) is 1. The second kappa shape index (κ2) is 8.51. The second-order valence-corrected chi connectivity index (χ2v) is 7.74. The Kier molecular flexibility index (Phi) is 6.11. The minimum atomic E-state index is -0.412. The highest BCUT2D eigenvalue weighted by Crippen LogP contribution is 2.33. The van der Waals surface area contributed by atoms with E-state index in [-0.39, 0.29) is 17.5 Å². The van der Waals surface area contributed by atoms with Gasteiger partial charge in [0, 0.05) is 41.5 Å². The molecule has 8 heteroatoms. The lowest BCUT2D eigenvalue weighted by atomic mass is 9.95. The van der Waals surface area contributed by atoms with E-state index in [1.807, 2.05) is 16.3 Å². The lowest BCUT2D eigenvalue weighted by Crippen LogP contribution is -2.41. The van der Waals surface area contributed by atoms with E-state index in [0.29, 0.717) is 43.2 Å². The number of carbonyl (C=O) groups excluding carboxylic acids is 1. The topological polar surface area (TPSA) is 75.5 Å². The molecule has 0 atom stereocenters. The number of benzene rings is 1. The predicted octanol–water partition coefficient (Wildman–Crippen LogP) is 3.89. The zero-order valence-corrected chi connectivity index (χ0v) is 15.8. The number of amides is 1. The van der Waals surface area contributed by atoms with Gasteiger partial charge in [-0.2, -0.15) is 0 Å². The third-order valence-electron chi connectivity index (χ3n) is 4.59. The standard InChI is InChI=1S/C18H20ClN3O3S/c19-14-3-4-16(17(12-14)22(24)25)21-9-6-13(7-10-21)18(23)20-8-5-15-2-1-11-26-15/h1-4,11-13H,5-10H2,(H,20,23). The summed E-state index contributed by atoms with van der Waals surface area (Å²) in [6.07, 6.45) is 2.22. The lowest BCUT2D eigenvalue weighted by molar-refractivity contribution is -0.384. The number of halogens is 1. The molecule has 1 saturated heterocycles. The van der Waals surface area contributed by atoms with Gasteiger partial charge in [0.25, 0.3) is 5.69 Å². The third kappa shape index (κ3) is 4.53. The van der Waals surface area contributed by atoms with Gasteiger partial charge in [-0.05, 0) is 42.8 Å². The number of hydrogen-bond donors (Lipinski definition) is 1. The van der Waals surface area contributed by atoms with Crippen molar-refractivity contribution in [2.45, 2.75) is 19.3 Å². The van der Waals surface area contributed by atoms with Crippen LogP contribution in [-0.2, 0) is 11.2 Å². The maximum absolute atomic E-state index is 12.3. The van der Waals surface area contributed by atoms with E-state index >= 15 is 0 Å². The number of rotatable bonds is 6. The van der Waals surface area contributed by atoms with Gasteiger partial charge in [-0.25, -0.2) is 0 Å². The first-order valence-electron chi connectivity index (χ1n) is 8.53. The van der Waals surface area contributed by atoms with Gasteiger partial charge < -0.3 is 10.2 Å². The van der Waals surface area contributed by atoms with Crippen molar-refractivity contribution in [1.82, 2.24) is 5.32 Å². The smallest absolute Gasteiger partial charge is 0.294 e. The maximum atomic E-state index is 12.3. The summed E-state index contributed by atoms with van der Waals surface area (Å²) in [5.74, 6) is 0.0350. The molecule has 1 aromatic heterocycles. The summed E-state index contributed by atoms with van der Waals surface area (Å²) in [5, 5.41) is 16.6. The van der Waals surface area contributed by atoms with Crippen LogP contribution in [0.15, 0.2) is 35.7 Å². The molecule has 1 aliphatic heterocycles. The summed E-state index contributed by atoms with van der Waals surface area (Å²) in [6.45, 7) is 1.87. The molecule has 1 aliphatic rings. The van der Waals surface area contributed by atoms with Crippen LogP contribution in [-0.4, -0.2) is 30.5 Å². The molecular weight excluding hydrogens is 374 g/mol. The minimum Gasteiger partial charge on any atom is -0.366 e. The van der Waals surface area contributed by atoms with Gasteiger partial charge in [0.1, 0.15) is 5.69 Å². The van der Waals surface area contributed by atoms with E-state index in [4.69, 9.17) is 11.6 Å². The number of anilines is 1. The monoisotopic (exact) mass is 393 g/mol. The van der Waals surface area contributed by atoms with Crippen LogP contribution in [0.4, 0.5) is 11.4 Å². The van der Waals surface area contributed by atoms with E-state index in [2.05, 4.69) is 11.4 Å². The van der Waals surface area contributed by atoms with Crippen LogP contribution in [0, 0.1) is 16.0 Å². The van der Waals surface area contributed by atoms with Crippen molar-refractivity contribution in [3.05, 3.63) is 55.7 Å². The molecule has 0 saturated carbocycles. The fraction of sp³-hybridized carbons (Fsp3) is 0.389. The average Bonchev–Trinajstić information content (AvgIpc) is 3.15. The Morgan fingerprint density at radius 3 is 2.77 bits per heavy atom. The zero-order chi connectivity index (χ0) is 18.5. The fourth-order valence-corrected chi connectivity index (χ4v) is 4.08. The van der Waals surface area contributed by atoms with Crippen molar-refractivity contribution in [2.24, 2.45) is 5.92 Å². The Morgan fingerprint density at radius 2 is 2.12 bits per heavy atom. The largest absolute Gasteiger partial charge is 0.366 e. The van der Waals surface area contributed by atoms with Crippen molar-refractivity contribution in [3.8, 4) is 0 Å². The van der Waals surface area contributed by atoms with Gasteiger partial charge in [0.2, 0.25) is 5.91 Å². The summed E-state index contributed by atoms with van der Waals surface area (Å²) < 4.78 is 0. The molecular formula is C18H20ClN3O3S. The van der Waals surface area contributed by atoms with E-state index in [9.17, 15) is 14.9 Å². The van der Waals surface area contributed by atoms with Gasteiger partial charge in [0.15, 0.2) is 0 Å². The molecule has 2 aromatic rings. The van der Waals surface area contributed by atoms with Crippen molar-refractivity contribution >= 4 is 40.2 Å². The van der Waals surface area contributed by atoms with Gasteiger partial charge in [-0.15, -0.1) is 11.3 Å². The Labute approximate surface area is 160 Å². The first-order chi connectivity index (χ1) is 12.5. The SMILES string of the molecule is O=C(NCCc1cccs1)C1CCN(c2ccc(Cl)cc2[N+](=O)[O-])CC1. The Balaban J connectivity index is 1.52. The molecule has 0 spiro atoms. The first-order valence-corrected chi connectivity index (χ1v) is 9.79. The van der Waals surface area contributed by atoms with Crippen LogP contribution in [0.1, 0.15) is 17.7 Å². The summed E-state index contributed by atoms with van der Waals surface area (Å²) in [4.78, 5) is 26.4. The fourth-order valence-electron chi connectivity index (χ4n) is 3.20. The number of piperidine rings is 1. The molecule has 1 N–H and O–H groups in total. The maximum Gasteiger partial charge on any atom is 0.294 e. The number of nitrogens with zero attached hydrogens (tertiary/aromatic N) is 2. The highest BCUT2D eigenvalue weighted by Gasteiger charge is 2.28. The normalized spacial score (nSPS) is 15.0. The van der Waals surface area contributed by atoms with Crippen molar-refractivity contribution in [2.75, 3.05) is 24.5 Å². The minimum absolute atomic E-state index is 0.0105. The summed E-state index contributed by atoms with van der Waals surface area (Å²) in [5.41, 5.74) is 0.576. The van der Waals surface area contributed by atoms with Crippen LogP contribution in [0.25, 0.3) is 0 Å². The molecule has 2 heterocycles. The average molecular weight is 394 g/mol. The molecule has 1 amide bonds. The molecule has 138 valence electrons. The summed E-state index contributed by atoms with van der Waals surface area (Å²) >= 11 is 7.57. The summed E-state index contributed by atoms with van der Waals surface area (Å²) in [7, 11) is 0. The number of carbonyl (C=O) groups is 1. The Morgan fingerprint density at radius 1 is 1.35 bits per heavy atom. The van der Waals surface area contributed by atoms with Crippen LogP contribution in [0.2, 0.25) is 5.02 Å². The summed E-state index contributed by atoms with van der Waals surface area (Å²) in [6, 6.07) is 8.79. The predicted molar refractivity (Wildman–Crippen MR) is 104 cm³/mol.